The van der Waals surface area contributed by atoms with Crippen molar-refractivity contribution in [3.05, 3.63) is 47.3 Å². The Balaban J connectivity index is 1.90. The maximum atomic E-state index is 12.0. The summed E-state index contributed by atoms with van der Waals surface area (Å²) in [5.74, 6) is 0.703. The van der Waals surface area contributed by atoms with Gasteiger partial charge in [0.25, 0.3) is 5.91 Å². The van der Waals surface area contributed by atoms with Crippen LogP contribution in [-0.2, 0) is 6.42 Å². The molecule has 2 aromatic rings. The van der Waals surface area contributed by atoms with Gasteiger partial charge in [-0.3, -0.25) is 4.79 Å². The molecule has 1 N–H and O–H groups in total. The Morgan fingerprint density at radius 3 is 2.80 bits per heavy atom. The van der Waals surface area contributed by atoms with Crippen LogP contribution in [-0.4, -0.2) is 31.7 Å². The Bertz CT molecular complexity index is 590. The number of hydrogen-bond acceptors (Lipinski definition) is 4. The summed E-state index contributed by atoms with van der Waals surface area (Å²) in [5.41, 5.74) is 2.51. The zero-order valence-electron chi connectivity index (χ0n) is 12.0. The number of aromatic nitrogens is 1. The van der Waals surface area contributed by atoms with Crippen molar-refractivity contribution in [3.63, 3.8) is 0 Å². The van der Waals surface area contributed by atoms with E-state index in [1.165, 1.54) is 0 Å². The minimum Gasteiger partial charge on any atom is -0.378 e. The predicted molar refractivity (Wildman–Crippen MR) is 78.0 cm³/mol. The van der Waals surface area contributed by atoms with Crippen LogP contribution in [0.15, 0.2) is 34.9 Å². The van der Waals surface area contributed by atoms with Gasteiger partial charge >= 0.3 is 0 Å². The van der Waals surface area contributed by atoms with Crippen LogP contribution >= 0.6 is 0 Å². The van der Waals surface area contributed by atoms with Gasteiger partial charge in [-0.1, -0.05) is 11.2 Å². The zero-order chi connectivity index (χ0) is 14.5. The van der Waals surface area contributed by atoms with Crippen LogP contribution in [0.25, 0.3) is 0 Å². The smallest absolute Gasteiger partial charge is 0.251 e. The highest BCUT2D eigenvalue weighted by atomic mass is 16.5. The molecule has 1 aromatic heterocycles. The molecule has 0 unspecified atom stereocenters. The molecule has 0 saturated heterocycles. The van der Waals surface area contributed by atoms with Crippen molar-refractivity contribution < 1.29 is 9.32 Å². The van der Waals surface area contributed by atoms with Crippen LogP contribution in [0.5, 0.6) is 0 Å². The highest BCUT2D eigenvalue weighted by molar-refractivity contribution is 5.95. The lowest BCUT2D eigenvalue weighted by atomic mass is 10.2. The number of carbonyl (C=O) groups excluding carboxylic acids is 1. The summed E-state index contributed by atoms with van der Waals surface area (Å²) in [6.45, 7) is 2.40. The Hall–Kier alpha value is -2.30. The first-order chi connectivity index (χ1) is 9.56. The average Bonchev–Trinajstić information content (AvgIpc) is 2.84. The van der Waals surface area contributed by atoms with Gasteiger partial charge in [-0.2, -0.15) is 0 Å². The van der Waals surface area contributed by atoms with Gasteiger partial charge < -0.3 is 14.7 Å². The van der Waals surface area contributed by atoms with E-state index in [0.717, 1.165) is 17.1 Å². The first-order valence-electron chi connectivity index (χ1n) is 6.54. The number of carbonyl (C=O) groups is 1. The molecule has 5 nitrogen and oxygen atoms in total. The number of benzene rings is 1. The van der Waals surface area contributed by atoms with Gasteiger partial charge in [-0.15, -0.1) is 0 Å². The standard InChI is InChI=1S/C15H19N3O2/c1-11-9-14(20-17-11)7-8-16-15(19)12-5-4-6-13(10-12)18(2)3/h4-6,9-10H,7-8H2,1-3H3,(H,16,19). The Morgan fingerprint density at radius 1 is 1.35 bits per heavy atom. The lowest BCUT2D eigenvalue weighted by Gasteiger charge is -2.13. The largest absolute Gasteiger partial charge is 0.378 e. The molecule has 0 saturated carbocycles. The van der Waals surface area contributed by atoms with Gasteiger partial charge in [-0.05, 0) is 25.1 Å². The summed E-state index contributed by atoms with van der Waals surface area (Å²) in [6.07, 6.45) is 0.639. The van der Waals surface area contributed by atoms with Gasteiger partial charge in [-0.25, -0.2) is 0 Å². The number of hydrogen-bond donors (Lipinski definition) is 1. The Morgan fingerprint density at radius 2 is 2.15 bits per heavy atom. The van der Waals surface area contributed by atoms with Crippen LogP contribution in [0.1, 0.15) is 21.8 Å². The second-order valence-electron chi connectivity index (χ2n) is 4.89. The monoisotopic (exact) mass is 273 g/mol. The molecule has 0 fully saturated rings. The Labute approximate surface area is 118 Å². The molecular weight excluding hydrogens is 254 g/mol. The third-order valence-electron chi connectivity index (χ3n) is 2.96. The molecule has 1 heterocycles. The molecule has 2 rings (SSSR count). The summed E-state index contributed by atoms with van der Waals surface area (Å²) >= 11 is 0. The molecule has 0 aliphatic rings. The maximum Gasteiger partial charge on any atom is 0.251 e. The normalized spacial score (nSPS) is 10.3. The molecule has 1 aromatic carbocycles. The van der Waals surface area contributed by atoms with Crippen LogP contribution in [0.3, 0.4) is 0 Å². The summed E-state index contributed by atoms with van der Waals surface area (Å²) < 4.78 is 5.09. The third kappa shape index (κ3) is 3.60. The van der Waals surface area contributed by atoms with Crippen molar-refractivity contribution in [1.82, 2.24) is 10.5 Å². The molecule has 0 bridgehead atoms. The minimum atomic E-state index is -0.0788. The van der Waals surface area contributed by atoms with E-state index >= 15 is 0 Å². The molecule has 1 amide bonds. The molecular formula is C15H19N3O2. The van der Waals surface area contributed by atoms with Crippen molar-refractivity contribution in [2.45, 2.75) is 13.3 Å². The van der Waals surface area contributed by atoms with Gasteiger partial charge in [0.2, 0.25) is 0 Å². The fourth-order valence-electron chi connectivity index (χ4n) is 1.86. The second-order valence-corrected chi connectivity index (χ2v) is 4.89. The van der Waals surface area contributed by atoms with E-state index in [0.29, 0.717) is 18.5 Å². The fourth-order valence-corrected chi connectivity index (χ4v) is 1.86. The second kappa shape index (κ2) is 6.23. The predicted octanol–water partition coefficient (Wildman–Crippen LogP) is 2.02. The number of anilines is 1. The molecule has 0 aliphatic heterocycles. The van der Waals surface area contributed by atoms with Crippen molar-refractivity contribution in [2.75, 3.05) is 25.5 Å². The van der Waals surface area contributed by atoms with Crippen LogP contribution in [0, 0.1) is 6.92 Å². The lowest BCUT2D eigenvalue weighted by molar-refractivity contribution is 0.0953. The Kier molecular flexibility index (Phi) is 4.40. The molecule has 0 radical (unpaired) electrons. The third-order valence-corrected chi connectivity index (χ3v) is 2.96. The number of aryl methyl sites for hydroxylation is 1. The van der Waals surface area contributed by atoms with Gasteiger partial charge in [0.15, 0.2) is 0 Å². The van der Waals surface area contributed by atoms with Crippen LogP contribution < -0.4 is 10.2 Å². The summed E-state index contributed by atoms with van der Waals surface area (Å²) in [6, 6.07) is 9.39. The van der Waals surface area contributed by atoms with Crippen LogP contribution in [0.2, 0.25) is 0 Å². The molecule has 20 heavy (non-hydrogen) atoms. The number of amides is 1. The van der Waals surface area contributed by atoms with E-state index in [1.54, 1.807) is 6.07 Å². The quantitative estimate of drug-likeness (QED) is 0.905. The molecule has 0 spiro atoms. The average molecular weight is 273 g/mol. The maximum absolute atomic E-state index is 12.0. The van der Waals surface area contributed by atoms with Crippen molar-refractivity contribution >= 4 is 11.6 Å². The molecule has 0 atom stereocenters. The molecule has 0 aliphatic carbocycles. The molecule has 106 valence electrons. The first kappa shape index (κ1) is 14.1. The van der Waals surface area contributed by atoms with Crippen molar-refractivity contribution in [2.24, 2.45) is 0 Å². The van der Waals surface area contributed by atoms with E-state index in [9.17, 15) is 4.79 Å². The molecule has 5 heteroatoms. The number of nitrogens with one attached hydrogen (secondary N) is 1. The van der Waals surface area contributed by atoms with Gasteiger partial charge in [0.1, 0.15) is 5.76 Å². The van der Waals surface area contributed by atoms with Crippen molar-refractivity contribution in [1.29, 1.82) is 0 Å². The highest BCUT2D eigenvalue weighted by Gasteiger charge is 2.07. The topological polar surface area (TPSA) is 58.4 Å². The summed E-state index contributed by atoms with van der Waals surface area (Å²) in [7, 11) is 3.90. The van der Waals surface area contributed by atoms with E-state index in [4.69, 9.17) is 4.52 Å². The van der Waals surface area contributed by atoms with E-state index in [-0.39, 0.29) is 5.91 Å². The van der Waals surface area contributed by atoms with Gasteiger partial charge in [0, 0.05) is 44.4 Å². The fraction of sp³-hybridized carbons (Fsp3) is 0.333. The van der Waals surface area contributed by atoms with E-state index in [1.807, 2.05) is 50.2 Å². The number of rotatable bonds is 5. The van der Waals surface area contributed by atoms with Crippen LogP contribution in [0.4, 0.5) is 5.69 Å². The minimum absolute atomic E-state index is 0.0788. The highest BCUT2D eigenvalue weighted by Crippen LogP contribution is 2.13. The van der Waals surface area contributed by atoms with Crippen molar-refractivity contribution in [3.8, 4) is 0 Å². The van der Waals surface area contributed by atoms with E-state index in [2.05, 4.69) is 10.5 Å². The summed E-state index contributed by atoms with van der Waals surface area (Å²) in [5, 5.41) is 6.69. The first-order valence-corrected chi connectivity index (χ1v) is 6.54. The lowest BCUT2D eigenvalue weighted by Crippen LogP contribution is -2.25. The zero-order valence-corrected chi connectivity index (χ0v) is 12.0. The van der Waals surface area contributed by atoms with E-state index < -0.39 is 0 Å². The SMILES string of the molecule is Cc1cc(CCNC(=O)c2cccc(N(C)C)c2)on1. The summed E-state index contributed by atoms with van der Waals surface area (Å²) in [4.78, 5) is 14.0. The number of nitrogens with zero attached hydrogens (tertiary/aromatic N) is 2. The van der Waals surface area contributed by atoms with Gasteiger partial charge in [0.05, 0.1) is 5.69 Å².